The lowest BCUT2D eigenvalue weighted by Crippen LogP contribution is -2.77. The van der Waals surface area contributed by atoms with Gasteiger partial charge >= 0.3 is 0 Å². The third kappa shape index (κ3) is 2.88. The number of Topliss-reactive ketones (excluding diaryl/α,β-unsaturated/α-hetero) is 1. The Morgan fingerprint density at radius 3 is 2.79 bits per heavy atom. The lowest BCUT2D eigenvalue weighted by Gasteiger charge is -2.64. The third-order valence-electron chi connectivity index (χ3n) is 9.55. The Kier molecular flexibility index (Phi) is 4.77. The van der Waals surface area contributed by atoms with E-state index >= 15 is 0 Å². The summed E-state index contributed by atoms with van der Waals surface area (Å²) in [5, 5.41) is 0. The molecule has 2 bridgehead atoms. The molecular weight excluding hydrogens is 422 g/mol. The molecule has 0 amide bonds. The maximum Gasteiger partial charge on any atom is 0.174 e. The molecule has 34 heavy (non-hydrogen) atoms. The van der Waals surface area contributed by atoms with E-state index in [9.17, 15) is 4.79 Å². The number of aryl methyl sites for hydroxylation is 2. The van der Waals surface area contributed by atoms with Crippen LogP contribution in [0.15, 0.2) is 42.5 Å². The molecule has 2 unspecified atom stereocenters. The summed E-state index contributed by atoms with van der Waals surface area (Å²) < 4.78 is 13.8. The van der Waals surface area contributed by atoms with Crippen molar-refractivity contribution in [2.45, 2.75) is 81.5 Å². The number of likely N-dealkylation sites (tertiary alicyclic amines) is 1. The van der Waals surface area contributed by atoms with Crippen molar-refractivity contribution in [1.82, 2.24) is 4.90 Å². The molecule has 4 heteroatoms. The average Bonchev–Trinajstić information content (AvgIpc) is 3.59. The molecule has 1 spiro atoms. The first-order valence-corrected chi connectivity index (χ1v) is 13.4. The molecule has 1 saturated heterocycles. The summed E-state index contributed by atoms with van der Waals surface area (Å²) in [7, 11) is 0. The number of hydrogen-bond donors (Lipinski definition) is 0. The van der Waals surface area contributed by atoms with Crippen LogP contribution < -0.4 is 4.74 Å². The maximum absolute atomic E-state index is 13.4. The second kappa shape index (κ2) is 7.66. The van der Waals surface area contributed by atoms with E-state index in [1.54, 1.807) is 0 Å². The Balaban J connectivity index is 1.28. The zero-order chi connectivity index (χ0) is 22.9. The van der Waals surface area contributed by atoms with E-state index in [2.05, 4.69) is 54.3 Å². The highest BCUT2D eigenvalue weighted by Crippen LogP contribution is 2.65. The second-order valence-corrected chi connectivity index (χ2v) is 11.4. The van der Waals surface area contributed by atoms with Gasteiger partial charge in [-0.2, -0.15) is 0 Å². The molecule has 4 atom stereocenters. The molecule has 0 radical (unpaired) electrons. The molecule has 4 nitrogen and oxygen atoms in total. The zero-order valence-corrected chi connectivity index (χ0v) is 20.2. The fraction of sp³-hybridized carbons (Fsp3) is 0.567. The Morgan fingerprint density at radius 1 is 1.12 bits per heavy atom. The standard InChI is InChI=1S/C30H35NO3/c1-20-9-12-23-18-25-30(33-17-5-8-21-6-3-2-4-7-21)14-13-24(32)28-29(30,26(23)27(20)34-28)15-16-31(25)19-22-10-11-22/h2-4,6-7,9,12,22,25,28H,5,8,10-11,13-19H2,1H3/t25?,28-,29-,30?/m0/s1. The van der Waals surface area contributed by atoms with Crippen LogP contribution in [-0.4, -0.2) is 48.1 Å². The molecular formula is C30H35NO3. The molecule has 2 aromatic carbocycles. The van der Waals surface area contributed by atoms with E-state index in [1.807, 2.05) is 0 Å². The van der Waals surface area contributed by atoms with Gasteiger partial charge in [-0.05, 0) is 81.0 Å². The molecule has 0 N–H and O–H groups in total. The minimum Gasteiger partial charge on any atom is -0.481 e. The smallest absolute Gasteiger partial charge is 0.174 e. The van der Waals surface area contributed by atoms with E-state index in [0.29, 0.717) is 12.5 Å². The lowest BCUT2D eigenvalue weighted by molar-refractivity contribution is -0.213. The third-order valence-corrected chi connectivity index (χ3v) is 9.55. The molecule has 2 saturated carbocycles. The molecule has 0 aromatic heterocycles. The highest BCUT2D eigenvalue weighted by atomic mass is 16.5. The van der Waals surface area contributed by atoms with E-state index in [1.165, 1.54) is 36.1 Å². The van der Waals surface area contributed by atoms with Crippen molar-refractivity contribution < 1.29 is 14.3 Å². The summed E-state index contributed by atoms with van der Waals surface area (Å²) >= 11 is 0. The Bertz CT molecular complexity index is 1130. The van der Waals surface area contributed by atoms with Crippen molar-refractivity contribution in [1.29, 1.82) is 0 Å². The molecule has 5 aliphatic rings. The van der Waals surface area contributed by atoms with Crippen LogP contribution >= 0.6 is 0 Å². The number of piperidine rings is 1. The van der Waals surface area contributed by atoms with Crippen molar-refractivity contribution >= 4 is 5.78 Å². The zero-order valence-electron chi connectivity index (χ0n) is 20.2. The predicted octanol–water partition coefficient (Wildman–Crippen LogP) is 4.79. The van der Waals surface area contributed by atoms with Crippen LogP contribution in [0.4, 0.5) is 0 Å². The van der Waals surface area contributed by atoms with Gasteiger partial charge in [0.25, 0.3) is 0 Å². The molecule has 7 rings (SSSR count). The van der Waals surface area contributed by atoms with Gasteiger partial charge in [-0.15, -0.1) is 0 Å². The van der Waals surface area contributed by atoms with Gasteiger partial charge in [0.05, 0.1) is 11.0 Å². The lowest BCUT2D eigenvalue weighted by atomic mass is 9.48. The minimum atomic E-state index is -0.379. The topological polar surface area (TPSA) is 38.8 Å². The van der Waals surface area contributed by atoms with Gasteiger partial charge in [-0.25, -0.2) is 0 Å². The number of ketones is 1. The van der Waals surface area contributed by atoms with Crippen LogP contribution in [0.1, 0.15) is 60.8 Å². The fourth-order valence-electron chi connectivity index (χ4n) is 7.85. The number of rotatable bonds is 7. The highest BCUT2D eigenvalue weighted by molar-refractivity contribution is 5.89. The van der Waals surface area contributed by atoms with Crippen molar-refractivity contribution in [3.05, 3.63) is 64.7 Å². The first-order chi connectivity index (χ1) is 16.6. The van der Waals surface area contributed by atoms with Gasteiger partial charge in [-0.3, -0.25) is 9.69 Å². The van der Waals surface area contributed by atoms with Crippen molar-refractivity contribution in [2.24, 2.45) is 5.92 Å². The molecule has 2 aliphatic heterocycles. The normalized spacial score (nSPS) is 33.5. The highest BCUT2D eigenvalue weighted by Gasteiger charge is 2.74. The van der Waals surface area contributed by atoms with E-state index in [4.69, 9.17) is 9.47 Å². The molecule has 178 valence electrons. The first kappa shape index (κ1) is 21.1. The number of ether oxygens (including phenoxy) is 2. The summed E-state index contributed by atoms with van der Waals surface area (Å²) in [4.78, 5) is 16.1. The number of hydrogen-bond acceptors (Lipinski definition) is 4. The number of benzene rings is 2. The van der Waals surface area contributed by atoms with Crippen LogP contribution in [0.25, 0.3) is 0 Å². The fourth-order valence-corrected chi connectivity index (χ4v) is 7.85. The monoisotopic (exact) mass is 457 g/mol. The van der Waals surface area contributed by atoms with Crippen molar-refractivity contribution in [3.63, 3.8) is 0 Å². The van der Waals surface area contributed by atoms with Gasteiger partial charge < -0.3 is 9.47 Å². The minimum absolute atomic E-state index is 0.279. The van der Waals surface area contributed by atoms with Crippen molar-refractivity contribution in [3.8, 4) is 5.75 Å². The SMILES string of the molecule is Cc1ccc2c3c1O[C@H]1C(=O)CCC4(OCCCc5ccccc5)C(C2)N(CC2CC2)CC[C@]314. The number of carbonyl (C=O) groups excluding carboxylic acids is 1. The van der Waals surface area contributed by atoms with Crippen LogP contribution in [0, 0.1) is 12.8 Å². The van der Waals surface area contributed by atoms with Crippen LogP contribution in [0.2, 0.25) is 0 Å². The predicted molar refractivity (Wildman–Crippen MR) is 131 cm³/mol. The van der Waals surface area contributed by atoms with Gasteiger partial charge in [0.2, 0.25) is 0 Å². The van der Waals surface area contributed by atoms with E-state index in [0.717, 1.165) is 62.5 Å². The average molecular weight is 458 g/mol. The van der Waals surface area contributed by atoms with Gasteiger partial charge in [0, 0.05) is 31.2 Å². The Morgan fingerprint density at radius 2 is 1.97 bits per heavy atom. The molecule has 2 aromatic rings. The molecule has 2 heterocycles. The summed E-state index contributed by atoms with van der Waals surface area (Å²) in [6.07, 6.45) is 7.76. The Hall–Kier alpha value is -2.17. The second-order valence-electron chi connectivity index (χ2n) is 11.4. The summed E-state index contributed by atoms with van der Waals surface area (Å²) in [5.41, 5.74) is 4.59. The summed E-state index contributed by atoms with van der Waals surface area (Å²) in [6.45, 7) is 5.10. The number of nitrogens with zero attached hydrogens (tertiary/aromatic N) is 1. The molecule has 3 fully saturated rings. The van der Waals surface area contributed by atoms with E-state index < -0.39 is 0 Å². The van der Waals surface area contributed by atoms with E-state index in [-0.39, 0.29) is 22.9 Å². The maximum atomic E-state index is 13.4. The summed E-state index contributed by atoms with van der Waals surface area (Å²) in [5.74, 6) is 2.12. The first-order valence-electron chi connectivity index (χ1n) is 13.4. The van der Waals surface area contributed by atoms with Crippen LogP contribution in [0.3, 0.4) is 0 Å². The number of carbonyl (C=O) groups is 1. The van der Waals surface area contributed by atoms with Crippen molar-refractivity contribution in [2.75, 3.05) is 19.7 Å². The van der Waals surface area contributed by atoms with Gasteiger partial charge in [-0.1, -0.05) is 42.5 Å². The summed E-state index contributed by atoms with van der Waals surface area (Å²) in [6, 6.07) is 15.6. The largest absolute Gasteiger partial charge is 0.481 e. The molecule has 3 aliphatic carbocycles. The quantitative estimate of drug-likeness (QED) is 0.561. The van der Waals surface area contributed by atoms with Gasteiger partial charge in [0.15, 0.2) is 11.9 Å². The van der Waals surface area contributed by atoms with Gasteiger partial charge in [0.1, 0.15) is 5.75 Å². The Labute approximate surface area is 202 Å². The van der Waals surface area contributed by atoms with Crippen LogP contribution in [-0.2, 0) is 27.8 Å². The van der Waals surface area contributed by atoms with Crippen LogP contribution in [0.5, 0.6) is 5.75 Å².